The Hall–Kier alpha value is -1.75. The summed E-state index contributed by atoms with van der Waals surface area (Å²) >= 11 is 6.14. The average Bonchev–Trinajstić information content (AvgIpc) is 2.45. The molecule has 0 spiro atoms. The molecule has 6 heteroatoms. The molecular formula is C15H21ClN2O3. The lowest BCUT2D eigenvalue weighted by Gasteiger charge is -2.32. The minimum absolute atomic E-state index is 0.250. The lowest BCUT2D eigenvalue weighted by molar-refractivity contribution is -0.142. The molecule has 2 unspecified atom stereocenters. The van der Waals surface area contributed by atoms with Crippen LogP contribution in [0.15, 0.2) is 24.3 Å². The van der Waals surface area contributed by atoms with Crippen LogP contribution in [0.5, 0.6) is 0 Å². The molecule has 0 aliphatic carbocycles. The number of urea groups is 1. The van der Waals surface area contributed by atoms with Gasteiger partial charge in [-0.05, 0) is 25.0 Å². The molecule has 0 aliphatic rings. The van der Waals surface area contributed by atoms with Gasteiger partial charge >= 0.3 is 12.0 Å². The van der Waals surface area contributed by atoms with Crippen molar-refractivity contribution in [3.8, 4) is 0 Å². The van der Waals surface area contributed by atoms with Crippen LogP contribution in [0.25, 0.3) is 0 Å². The Kier molecular flexibility index (Phi) is 6.03. The number of carbonyl (C=O) groups is 2. The second kappa shape index (κ2) is 7.31. The van der Waals surface area contributed by atoms with E-state index < -0.39 is 12.0 Å². The Morgan fingerprint density at radius 2 is 1.81 bits per heavy atom. The fourth-order valence-corrected chi connectivity index (χ4v) is 2.48. The van der Waals surface area contributed by atoms with E-state index >= 15 is 0 Å². The molecule has 1 N–H and O–H groups in total. The van der Waals surface area contributed by atoms with Crippen molar-refractivity contribution in [3.05, 3.63) is 34.9 Å². The molecule has 1 rings (SSSR count). The van der Waals surface area contributed by atoms with Crippen LogP contribution in [0.2, 0.25) is 5.02 Å². The maximum Gasteiger partial charge on any atom is 0.326 e. The van der Waals surface area contributed by atoms with Gasteiger partial charge in [0.25, 0.3) is 0 Å². The standard InChI is InChI=1S/C15H21ClN2O3/c1-5-13(14(19)20)18(4)15(21)17(3)10(2)11-8-6-7-9-12(11)16/h6-10,13H,5H2,1-4H3,(H,19,20). The zero-order valence-electron chi connectivity index (χ0n) is 12.7. The van der Waals surface area contributed by atoms with Gasteiger partial charge in [-0.3, -0.25) is 0 Å². The third-order valence-electron chi connectivity index (χ3n) is 3.68. The number of hydrogen-bond donors (Lipinski definition) is 1. The maximum absolute atomic E-state index is 12.4. The van der Waals surface area contributed by atoms with Crippen molar-refractivity contribution >= 4 is 23.6 Å². The molecule has 0 bridgehead atoms. The van der Waals surface area contributed by atoms with Gasteiger partial charge in [0.05, 0.1) is 6.04 Å². The van der Waals surface area contributed by atoms with Crippen molar-refractivity contribution in [1.82, 2.24) is 9.80 Å². The van der Waals surface area contributed by atoms with Crippen LogP contribution in [-0.4, -0.2) is 47.0 Å². The SMILES string of the molecule is CCC(C(=O)O)N(C)C(=O)N(C)C(C)c1ccccc1Cl. The van der Waals surface area contributed by atoms with E-state index in [1.54, 1.807) is 20.0 Å². The Labute approximate surface area is 130 Å². The number of rotatable bonds is 5. The largest absolute Gasteiger partial charge is 0.480 e. The molecule has 1 aromatic carbocycles. The van der Waals surface area contributed by atoms with Crippen molar-refractivity contribution in [3.63, 3.8) is 0 Å². The summed E-state index contributed by atoms with van der Waals surface area (Å²) in [7, 11) is 3.14. The molecule has 5 nitrogen and oxygen atoms in total. The van der Waals surface area contributed by atoms with Gasteiger partial charge < -0.3 is 14.9 Å². The van der Waals surface area contributed by atoms with Crippen LogP contribution in [0, 0.1) is 0 Å². The van der Waals surface area contributed by atoms with E-state index in [9.17, 15) is 9.59 Å². The van der Waals surface area contributed by atoms with Crippen molar-refractivity contribution in [2.24, 2.45) is 0 Å². The van der Waals surface area contributed by atoms with Crippen LogP contribution in [0.1, 0.15) is 31.9 Å². The van der Waals surface area contributed by atoms with Gasteiger partial charge in [0.15, 0.2) is 0 Å². The maximum atomic E-state index is 12.4. The fraction of sp³-hybridized carbons (Fsp3) is 0.467. The molecule has 0 aromatic heterocycles. The van der Waals surface area contributed by atoms with Gasteiger partial charge in [-0.1, -0.05) is 36.7 Å². The molecule has 2 atom stereocenters. The number of aliphatic carboxylic acids is 1. The molecule has 1 aromatic rings. The predicted octanol–water partition coefficient (Wildman–Crippen LogP) is 3.25. The third kappa shape index (κ3) is 3.88. The summed E-state index contributed by atoms with van der Waals surface area (Å²) in [5.41, 5.74) is 0.826. The lowest BCUT2D eigenvalue weighted by atomic mass is 10.1. The van der Waals surface area contributed by atoms with E-state index in [0.29, 0.717) is 11.4 Å². The van der Waals surface area contributed by atoms with Gasteiger partial charge in [-0.25, -0.2) is 9.59 Å². The number of carboxylic acids is 1. The Morgan fingerprint density at radius 1 is 1.24 bits per heavy atom. The summed E-state index contributed by atoms with van der Waals surface area (Å²) in [4.78, 5) is 26.3. The minimum Gasteiger partial charge on any atom is -0.480 e. The smallest absolute Gasteiger partial charge is 0.326 e. The summed E-state index contributed by atoms with van der Waals surface area (Å²) in [5.74, 6) is -1.01. The monoisotopic (exact) mass is 312 g/mol. The molecule has 0 radical (unpaired) electrons. The van der Waals surface area contributed by atoms with Gasteiger partial charge in [-0.15, -0.1) is 0 Å². The quantitative estimate of drug-likeness (QED) is 0.908. The summed E-state index contributed by atoms with van der Waals surface area (Å²) in [6, 6.07) is 5.86. The van der Waals surface area contributed by atoms with Crippen molar-refractivity contribution < 1.29 is 14.7 Å². The third-order valence-corrected chi connectivity index (χ3v) is 4.02. The fourth-order valence-electron chi connectivity index (χ4n) is 2.18. The van der Waals surface area contributed by atoms with E-state index in [0.717, 1.165) is 5.56 Å². The number of amides is 2. The Bertz CT molecular complexity index is 521. The highest BCUT2D eigenvalue weighted by molar-refractivity contribution is 6.31. The molecule has 0 fully saturated rings. The zero-order valence-corrected chi connectivity index (χ0v) is 13.5. The first-order valence-corrected chi connectivity index (χ1v) is 7.15. The Balaban J connectivity index is 2.92. The van der Waals surface area contributed by atoms with E-state index in [2.05, 4.69) is 0 Å². The minimum atomic E-state index is -1.01. The second-order valence-electron chi connectivity index (χ2n) is 4.96. The number of hydrogen-bond acceptors (Lipinski definition) is 2. The second-order valence-corrected chi connectivity index (χ2v) is 5.37. The highest BCUT2D eigenvalue weighted by Gasteiger charge is 2.29. The Morgan fingerprint density at radius 3 is 2.29 bits per heavy atom. The summed E-state index contributed by atoms with van der Waals surface area (Å²) in [6.07, 6.45) is 0.353. The number of halogens is 1. The highest BCUT2D eigenvalue weighted by Crippen LogP contribution is 2.27. The first-order chi connectivity index (χ1) is 9.81. The first kappa shape index (κ1) is 17.3. The first-order valence-electron chi connectivity index (χ1n) is 6.78. The molecule has 21 heavy (non-hydrogen) atoms. The molecule has 0 saturated carbocycles. The predicted molar refractivity (Wildman–Crippen MR) is 82.5 cm³/mol. The van der Waals surface area contributed by atoms with Gasteiger partial charge in [0.2, 0.25) is 0 Å². The van der Waals surface area contributed by atoms with Gasteiger partial charge in [0, 0.05) is 19.1 Å². The normalized spacial score (nSPS) is 13.4. The van der Waals surface area contributed by atoms with Crippen LogP contribution in [0.3, 0.4) is 0 Å². The number of benzene rings is 1. The van der Waals surface area contributed by atoms with Gasteiger partial charge in [0.1, 0.15) is 6.04 Å². The summed E-state index contributed by atoms with van der Waals surface area (Å²) < 4.78 is 0. The van der Waals surface area contributed by atoms with Crippen molar-refractivity contribution in [1.29, 1.82) is 0 Å². The topological polar surface area (TPSA) is 60.9 Å². The number of nitrogens with zero attached hydrogens (tertiary/aromatic N) is 2. The van der Waals surface area contributed by atoms with Crippen LogP contribution in [-0.2, 0) is 4.79 Å². The number of carboxylic acid groups (broad SMARTS) is 1. The van der Waals surface area contributed by atoms with Crippen LogP contribution < -0.4 is 0 Å². The summed E-state index contributed by atoms with van der Waals surface area (Å²) in [6.45, 7) is 3.59. The van der Waals surface area contributed by atoms with E-state index in [4.69, 9.17) is 16.7 Å². The molecular weight excluding hydrogens is 292 g/mol. The molecule has 2 amide bonds. The lowest BCUT2D eigenvalue weighted by Crippen LogP contribution is -2.48. The van der Waals surface area contributed by atoms with E-state index in [1.807, 2.05) is 25.1 Å². The zero-order chi connectivity index (χ0) is 16.2. The van der Waals surface area contributed by atoms with Gasteiger partial charge in [-0.2, -0.15) is 0 Å². The molecule has 116 valence electrons. The highest BCUT2D eigenvalue weighted by atomic mass is 35.5. The number of likely N-dealkylation sites (N-methyl/N-ethyl adjacent to an activating group) is 1. The molecule has 0 heterocycles. The van der Waals surface area contributed by atoms with Crippen LogP contribution in [0.4, 0.5) is 4.79 Å². The molecule has 0 aliphatic heterocycles. The van der Waals surface area contributed by atoms with Crippen molar-refractivity contribution in [2.75, 3.05) is 14.1 Å². The molecule has 0 saturated heterocycles. The number of carbonyl (C=O) groups excluding carboxylic acids is 1. The van der Waals surface area contributed by atoms with Crippen LogP contribution >= 0.6 is 11.6 Å². The summed E-state index contributed by atoms with van der Waals surface area (Å²) in [5, 5.41) is 9.72. The average molecular weight is 313 g/mol. The van der Waals surface area contributed by atoms with E-state index in [1.165, 1.54) is 16.8 Å². The van der Waals surface area contributed by atoms with E-state index in [-0.39, 0.29) is 12.1 Å². The van der Waals surface area contributed by atoms with Crippen molar-refractivity contribution in [2.45, 2.75) is 32.4 Å².